The van der Waals surface area contributed by atoms with Gasteiger partial charge in [-0.3, -0.25) is 4.90 Å². The molecule has 1 heterocycles. The minimum atomic E-state index is -0.421. The molecule has 1 aromatic rings. The first-order valence-electron chi connectivity index (χ1n) is 5.62. The van der Waals surface area contributed by atoms with Gasteiger partial charge in [-0.2, -0.15) is 0 Å². The van der Waals surface area contributed by atoms with Crippen molar-refractivity contribution < 1.29 is 5.11 Å². The third-order valence-electron chi connectivity index (χ3n) is 2.90. The highest BCUT2D eigenvalue weighted by Crippen LogP contribution is 2.17. The van der Waals surface area contributed by atoms with E-state index >= 15 is 0 Å². The van der Waals surface area contributed by atoms with Crippen LogP contribution in [0.15, 0.2) is 24.3 Å². The summed E-state index contributed by atoms with van der Waals surface area (Å²) in [7, 11) is 0. The Bertz CT molecular complexity index is 326. The molecule has 0 radical (unpaired) electrons. The van der Waals surface area contributed by atoms with Crippen LogP contribution in [0.25, 0.3) is 0 Å². The summed E-state index contributed by atoms with van der Waals surface area (Å²) < 4.78 is 0. The topological polar surface area (TPSA) is 35.5 Å². The van der Waals surface area contributed by atoms with E-state index in [9.17, 15) is 5.11 Å². The highest BCUT2D eigenvalue weighted by molar-refractivity contribution is 6.30. The number of rotatable bonds is 3. The van der Waals surface area contributed by atoms with Crippen molar-refractivity contribution in [1.82, 2.24) is 10.2 Å². The van der Waals surface area contributed by atoms with Crippen molar-refractivity contribution in [3.05, 3.63) is 34.9 Å². The van der Waals surface area contributed by atoms with Crippen LogP contribution in [0.1, 0.15) is 11.7 Å². The van der Waals surface area contributed by atoms with Crippen LogP contribution < -0.4 is 5.32 Å². The van der Waals surface area contributed by atoms with Gasteiger partial charge in [-0.05, 0) is 17.7 Å². The predicted molar refractivity (Wildman–Crippen MR) is 73.0 cm³/mol. The van der Waals surface area contributed by atoms with Crippen molar-refractivity contribution in [3.8, 4) is 0 Å². The summed E-state index contributed by atoms with van der Waals surface area (Å²) in [5.74, 6) is 0. The van der Waals surface area contributed by atoms with E-state index in [-0.39, 0.29) is 12.4 Å². The molecule has 0 aliphatic carbocycles. The molecular formula is C12H18Cl2N2O. The molecule has 1 aliphatic heterocycles. The van der Waals surface area contributed by atoms with E-state index in [0.29, 0.717) is 11.6 Å². The van der Waals surface area contributed by atoms with E-state index in [4.69, 9.17) is 11.6 Å². The Balaban J connectivity index is 0.00000144. The van der Waals surface area contributed by atoms with Gasteiger partial charge >= 0.3 is 0 Å². The molecule has 3 nitrogen and oxygen atoms in total. The largest absolute Gasteiger partial charge is 0.387 e. The molecule has 1 saturated heterocycles. The van der Waals surface area contributed by atoms with Gasteiger partial charge in [0, 0.05) is 37.7 Å². The lowest BCUT2D eigenvalue weighted by Gasteiger charge is -2.29. The van der Waals surface area contributed by atoms with Crippen LogP contribution in [0.5, 0.6) is 0 Å². The number of aliphatic hydroxyl groups excluding tert-OH is 1. The van der Waals surface area contributed by atoms with Crippen LogP contribution in [-0.2, 0) is 0 Å². The maximum absolute atomic E-state index is 10.1. The molecule has 0 spiro atoms. The van der Waals surface area contributed by atoms with Gasteiger partial charge in [-0.1, -0.05) is 23.7 Å². The van der Waals surface area contributed by atoms with E-state index in [1.54, 1.807) is 0 Å². The molecule has 1 fully saturated rings. The van der Waals surface area contributed by atoms with Gasteiger partial charge in [0.1, 0.15) is 0 Å². The fourth-order valence-corrected chi connectivity index (χ4v) is 2.05. The first-order chi connectivity index (χ1) is 7.75. The quantitative estimate of drug-likeness (QED) is 0.882. The number of nitrogens with one attached hydrogen (secondary N) is 1. The Morgan fingerprint density at radius 3 is 2.41 bits per heavy atom. The smallest absolute Gasteiger partial charge is 0.0916 e. The van der Waals surface area contributed by atoms with Gasteiger partial charge in [0.2, 0.25) is 0 Å². The molecule has 1 atom stereocenters. The number of β-amino-alcohol motifs (C(OH)–C–C–N with tert-alkyl or cyclic N) is 1. The van der Waals surface area contributed by atoms with Gasteiger partial charge in [0.15, 0.2) is 0 Å². The highest BCUT2D eigenvalue weighted by Gasteiger charge is 2.15. The summed E-state index contributed by atoms with van der Waals surface area (Å²) in [5.41, 5.74) is 0.933. The molecule has 96 valence electrons. The molecule has 1 aliphatic rings. The predicted octanol–water partition coefficient (Wildman–Crippen LogP) is 1.70. The molecule has 2 N–H and O–H groups in total. The van der Waals surface area contributed by atoms with Crippen molar-refractivity contribution in [2.24, 2.45) is 0 Å². The lowest BCUT2D eigenvalue weighted by atomic mass is 10.1. The minimum Gasteiger partial charge on any atom is -0.387 e. The standard InChI is InChI=1S/C12H17ClN2O.ClH/c13-11-3-1-10(2-4-11)12(16)9-15-7-5-14-6-8-15;/h1-4,12,14,16H,5-9H2;1H. The van der Waals surface area contributed by atoms with E-state index in [2.05, 4.69) is 10.2 Å². The minimum absolute atomic E-state index is 0. The molecule has 0 amide bonds. The average molecular weight is 277 g/mol. The maximum Gasteiger partial charge on any atom is 0.0916 e. The zero-order chi connectivity index (χ0) is 11.4. The Hall–Kier alpha value is -0.320. The summed E-state index contributed by atoms with van der Waals surface area (Å²) in [6.45, 7) is 4.72. The normalized spacial score (nSPS) is 18.5. The van der Waals surface area contributed by atoms with Crippen molar-refractivity contribution in [2.45, 2.75) is 6.10 Å². The number of benzene rings is 1. The Morgan fingerprint density at radius 2 is 1.82 bits per heavy atom. The van der Waals surface area contributed by atoms with Crippen LogP contribution in [0.3, 0.4) is 0 Å². The first-order valence-corrected chi connectivity index (χ1v) is 6.00. The zero-order valence-electron chi connectivity index (χ0n) is 9.60. The van der Waals surface area contributed by atoms with E-state index < -0.39 is 6.10 Å². The van der Waals surface area contributed by atoms with Crippen molar-refractivity contribution >= 4 is 24.0 Å². The van der Waals surface area contributed by atoms with Crippen molar-refractivity contribution in [1.29, 1.82) is 0 Å². The van der Waals surface area contributed by atoms with Gasteiger partial charge < -0.3 is 10.4 Å². The van der Waals surface area contributed by atoms with E-state index in [1.807, 2.05) is 24.3 Å². The van der Waals surface area contributed by atoms with Gasteiger partial charge in [-0.25, -0.2) is 0 Å². The van der Waals surface area contributed by atoms with E-state index in [1.165, 1.54) is 0 Å². The molecule has 1 unspecified atom stereocenters. The number of halogens is 2. The highest BCUT2D eigenvalue weighted by atomic mass is 35.5. The monoisotopic (exact) mass is 276 g/mol. The van der Waals surface area contributed by atoms with Crippen LogP contribution in [0.4, 0.5) is 0 Å². The number of hydrogen-bond donors (Lipinski definition) is 2. The molecule has 17 heavy (non-hydrogen) atoms. The number of hydrogen-bond acceptors (Lipinski definition) is 3. The summed E-state index contributed by atoms with van der Waals surface area (Å²) in [6, 6.07) is 7.40. The zero-order valence-corrected chi connectivity index (χ0v) is 11.2. The van der Waals surface area contributed by atoms with Crippen LogP contribution in [0.2, 0.25) is 5.02 Å². The van der Waals surface area contributed by atoms with Crippen molar-refractivity contribution in [2.75, 3.05) is 32.7 Å². The average Bonchev–Trinajstić information content (AvgIpc) is 2.31. The molecule has 0 bridgehead atoms. The van der Waals surface area contributed by atoms with Gasteiger partial charge in [0.05, 0.1) is 6.10 Å². The summed E-state index contributed by atoms with van der Waals surface area (Å²) in [6.07, 6.45) is -0.421. The second-order valence-electron chi connectivity index (χ2n) is 4.12. The molecule has 2 rings (SSSR count). The molecule has 5 heteroatoms. The fraction of sp³-hybridized carbons (Fsp3) is 0.500. The first kappa shape index (κ1) is 14.7. The second-order valence-corrected chi connectivity index (χ2v) is 4.55. The van der Waals surface area contributed by atoms with E-state index in [0.717, 1.165) is 31.7 Å². The lowest BCUT2D eigenvalue weighted by Crippen LogP contribution is -2.44. The number of piperazine rings is 1. The molecule has 0 saturated carbocycles. The molecule has 0 aromatic heterocycles. The summed E-state index contributed by atoms with van der Waals surface area (Å²) in [5, 5.41) is 14.1. The molecular weight excluding hydrogens is 259 g/mol. The van der Waals surface area contributed by atoms with Crippen LogP contribution in [0, 0.1) is 0 Å². The Kier molecular flexibility index (Phi) is 6.23. The van der Waals surface area contributed by atoms with Gasteiger partial charge in [-0.15, -0.1) is 12.4 Å². The number of aliphatic hydroxyl groups is 1. The second kappa shape index (κ2) is 7.19. The lowest BCUT2D eigenvalue weighted by molar-refractivity contribution is 0.105. The Labute approximate surface area is 113 Å². The summed E-state index contributed by atoms with van der Waals surface area (Å²) >= 11 is 5.81. The Morgan fingerprint density at radius 1 is 1.24 bits per heavy atom. The third kappa shape index (κ3) is 4.45. The fourth-order valence-electron chi connectivity index (χ4n) is 1.93. The van der Waals surface area contributed by atoms with Crippen LogP contribution in [-0.4, -0.2) is 42.7 Å². The third-order valence-corrected chi connectivity index (χ3v) is 3.15. The SMILES string of the molecule is Cl.OC(CN1CCNCC1)c1ccc(Cl)cc1. The van der Waals surface area contributed by atoms with Gasteiger partial charge in [0.25, 0.3) is 0 Å². The maximum atomic E-state index is 10.1. The molecule has 1 aromatic carbocycles. The summed E-state index contributed by atoms with van der Waals surface area (Å²) in [4.78, 5) is 2.27. The van der Waals surface area contributed by atoms with Crippen molar-refractivity contribution in [3.63, 3.8) is 0 Å². The van der Waals surface area contributed by atoms with Crippen LogP contribution >= 0.6 is 24.0 Å². The number of nitrogens with zero attached hydrogens (tertiary/aromatic N) is 1.